The molecule has 0 saturated heterocycles. The van der Waals surface area contributed by atoms with Gasteiger partial charge in [-0.3, -0.25) is 4.79 Å². The zero-order chi connectivity index (χ0) is 15.1. The molecule has 1 amide bonds. The molecule has 0 bridgehead atoms. The summed E-state index contributed by atoms with van der Waals surface area (Å²) in [5, 5.41) is 12.2. The SMILES string of the molecule is CC(NC(=O)CCCc1ccc(O)cc1)c1ccccc1. The zero-order valence-corrected chi connectivity index (χ0v) is 12.3. The van der Waals surface area contributed by atoms with Gasteiger partial charge in [-0.15, -0.1) is 0 Å². The lowest BCUT2D eigenvalue weighted by Crippen LogP contribution is -2.26. The number of carbonyl (C=O) groups is 1. The lowest BCUT2D eigenvalue weighted by molar-refractivity contribution is -0.121. The number of aryl methyl sites for hydroxylation is 1. The quantitative estimate of drug-likeness (QED) is 0.851. The van der Waals surface area contributed by atoms with E-state index >= 15 is 0 Å². The molecule has 0 spiro atoms. The summed E-state index contributed by atoms with van der Waals surface area (Å²) in [6, 6.07) is 17.1. The van der Waals surface area contributed by atoms with Crippen LogP contribution in [0.2, 0.25) is 0 Å². The summed E-state index contributed by atoms with van der Waals surface area (Å²) in [7, 11) is 0. The molecule has 110 valence electrons. The van der Waals surface area contributed by atoms with E-state index in [1.165, 1.54) is 0 Å². The molecular weight excluding hydrogens is 262 g/mol. The van der Waals surface area contributed by atoms with E-state index < -0.39 is 0 Å². The first-order chi connectivity index (χ1) is 10.1. The summed E-state index contributed by atoms with van der Waals surface area (Å²) < 4.78 is 0. The summed E-state index contributed by atoms with van der Waals surface area (Å²) >= 11 is 0. The van der Waals surface area contributed by atoms with Crippen molar-refractivity contribution in [1.82, 2.24) is 5.32 Å². The van der Waals surface area contributed by atoms with Crippen molar-refractivity contribution in [2.24, 2.45) is 0 Å². The Kier molecular flexibility index (Phi) is 5.38. The minimum Gasteiger partial charge on any atom is -0.508 e. The van der Waals surface area contributed by atoms with Gasteiger partial charge in [-0.05, 0) is 43.0 Å². The maximum Gasteiger partial charge on any atom is 0.220 e. The van der Waals surface area contributed by atoms with Crippen LogP contribution in [-0.4, -0.2) is 11.0 Å². The molecule has 0 aliphatic heterocycles. The molecule has 2 aromatic carbocycles. The van der Waals surface area contributed by atoms with Crippen LogP contribution in [0.4, 0.5) is 0 Å². The summed E-state index contributed by atoms with van der Waals surface area (Å²) in [6.45, 7) is 1.99. The highest BCUT2D eigenvalue weighted by Gasteiger charge is 2.08. The summed E-state index contributed by atoms with van der Waals surface area (Å²) in [4.78, 5) is 11.9. The van der Waals surface area contributed by atoms with Crippen molar-refractivity contribution < 1.29 is 9.90 Å². The Bertz CT molecular complexity index is 564. The van der Waals surface area contributed by atoms with Gasteiger partial charge in [0.15, 0.2) is 0 Å². The lowest BCUT2D eigenvalue weighted by Gasteiger charge is -2.14. The molecule has 0 aromatic heterocycles. The average molecular weight is 283 g/mol. The van der Waals surface area contributed by atoms with Gasteiger partial charge in [0.25, 0.3) is 0 Å². The van der Waals surface area contributed by atoms with E-state index in [1.54, 1.807) is 12.1 Å². The molecule has 3 nitrogen and oxygen atoms in total. The number of phenols is 1. The first-order valence-corrected chi connectivity index (χ1v) is 7.27. The van der Waals surface area contributed by atoms with Crippen LogP contribution in [0.5, 0.6) is 5.75 Å². The fourth-order valence-electron chi connectivity index (χ4n) is 2.25. The molecule has 1 atom stereocenters. The van der Waals surface area contributed by atoms with Gasteiger partial charge in [0.1, 0.15) is 5.75 Å². The summed E-state index contributed by atoms with van der Waals surface area (Å²) in [5.74, 6) is 0.346. The second kappa shape index (κ2) is 7.48. The number of hydrogen-bond acceptors (Lipinski definition) is 2. The molecule has 2 N–H and O–H groups in total. The molecule has 0 radical (unpaired) electrons. The van der Waals surface area contributed by atoms with Crippen LogP contribution in [-0.2, 0) is 11.2 Å². The van der Waals surface area contributed by atoms with Gasteiger partial charge in [-0.1, -0.05) is 42.5 Å². The maximum atomic E-state index is 11.9. The molecule has 0 fully saturated rings. The van der Waals surface area contributed by atoms with E-state index in [9.17, 15) is 9.90 Å². The molecule has 21 heavy (non-hydrogen) atoms. The monoisotopic (exact) mass is 283 g/mol. The maximum absolute atomic E-state index is 11.9. The Labute approximate surface area is 125 Å². The van der Waals surface area contributed by atoms with Crippen LogP contribution in [0.3, 0.4) is 0 Å². The van der Waals surface area contributed by atoms with Crippen molar-refractivity contribution in [3.63, 3.8) is 0 Å². The van der Waals surface area contributed by atoms with Crippen molar-refractivity contribution >= 4 is 5.91 Å². The highest BCUT2D eigenvalue weighted by molar-refractivity contribution is 5.76. The van der Waals surface area contributed by atoms with Crippen molar-refractivity contribution in [3.05, 3.63) is 65.7 Å². The van der Waals surface area contributed by atoms with Crippen LogP contribution in [0.1, 0.15) is 36.9 Å². The highest BCUT2D eigenvalue weighted by Crippen LogP contribution is 2.13. The topological polar surface area (TPSA) is 49.3 Å². The number of hydrogen-bond donors (Lipinski definition) is 2. The molecule has 2 aromatic rings. The van der Waals surface area contributed by atoms with Gasteiger partial charge in [-0.25, -0.2) is 0 Å². The third kappa shape index (κ3) is 4.95. The first-order valence-electron chi connectivity index (χ1n) is 7.27. The molecule has 3 heteroatoms. The number of carbonyl (C=O) groups excluding carboxylic acids is 1. The minimum atomic E-state index is 0.0346. The third-order valence-electron chi connectivity index (χ3n) is 3.48. The van der Waals surface area contributed by atoms with Crippen molar-refractivity contribution in [1.29, 1.82) is 0 Å². The second-order valence-corrected chi connectivity index (χ2v) is 5.22. The largest absolute Gasteiger partial charge is 0.508 e. The van der Waals surface area contributed by atoms with Crippen LogP contribution < -0.4 is 5.32 Å². The van der Waals surface area contributed by atoms with E-state index in [2.05, 4.69) is 5.32 Å². The summed E-state index contributed by atoms with van der Waals surface area (Å²) in [5.41, 5.74) is 2.25. The number of phenolic OH excluding ortho intramolecular Hbond substituents is 1. The van der Waals surface area contributed by atoms with Gasteiger partial charge in [0.2, 0.25) is 5.91 Å². The van der Waals surface area contributed by atoms with Gasteiger partial charge >= 0.3 is 0 Å². The fourth-order valence-corrected chi connectivity index (χ4v) is 2.25. The van der Waals surface area contributed by atoms with Crippen LogP contribution >= 0.6 is 0 Å². The molecule has 0 saturated carbocycles. The highest BCUT2D eigenvalue weighted by atomic mass is 16.3. The number of aromatic hydroxyl groups is 1. The Hall–Kier alpha value is -2.29. The zero-order valence-electron chi connectivity index (χ0n) is 12.3. The van der Waals surface area contributed by atoms with Crippen molar-refractivity contribution in [2.75, 3.05) is 0 Å². The molecular formula is C18H21NO2. The molecule has 0 heterocycles. The van der Waals surface area contributed by atoms with Crippen LogP contribution in [0, 0.1) is 0 Å². The third-order valence-corrected chi connectivity index (χ3v) is 3.48. The van der Waals surface area contributed by atoms with Gasteiger partial charge < -0.3 is 10.4 Å². The van der Waals surface area contributed by atoms with E-state index in [4.69, 9.17) is 0 Å². The Morgan fingerprint density at radius 1 is 1.10 bits per heavy atom. The fraction of sp³-hybridized carbons (Fsp3) is 0.278. The Morgan fingerprint density at radius 2 is 1.76 bits per heavy atom. The van der Waals surface area contributed by atoms with Crippen LogP contribution in [0.15, 0.2) is 54.6 Å². The number of rotatable bonds is 6. The van der Waals surface area contributed by atoms with Gasteiger partial charge in [0, 0.05) is 6.42 Å². The standard InChI is InChI=1S/C18H21NO2/c1-14(16-7-3-2-4-8-16)19-18(21)9-5-6-15-10-12-17(20)13-11-15/h2-4,7-8,10-14,20H,5-6,9H2,1H3,(H,19,21). The normalized spacial score (nSPS) is 11.9. The van der Waals surface area contributed by atoms with Crippen LogP contribution in [0.25, 0.3) is 0 Å². The van der Waals surface area contributed by atoms with Crippen molar-refractivity contribution in [2.45, 2.75) is 32.2 Å². The van der Waals surface area contributed by atoms with Gasteiger partial charge in [0.05, 0.1) is 6.04 Å². The van der Waals surface area contributed by atoms with Crippen molar-refractivity contribution in [3.8, 4) is 5.75 Å². The predicted molar refractivity (Wildman–Crippen MR) is 84.0 cm³/mol. The Morgan fingerprint density at radius 3 is 2.43 bits per heavy atom. The number of amides is 1. The lowest BCUT2D eigenvalue weighted by atomic mass is 10.1. The predicted octanol–water partition coefficient (Wildman–Crippen LogP) is 3.59. The van der Waals surface area contributed by atoms with E-state index in [1.807, 2.05) is 49.4 Å². The molecule has 2 rings (SSSR count). The number of benzene rings is 2. The molecule has 0 aliphatic carbocycles. The van der Waals surface area contributed by atoms with E-state index in [-0.39, 0.29) is 17.7 Å². The first kappa shape index (κ1) is 15.1. The average Bonchev–Trinajstić information content (AvgIpc) is 2.50. The van der Waals surface area contributed by atoms with E-state index in [0.29, 0.717) is 6.42 Å². The smallest absolute Gasteiger partial charge is 0.220 e. The van der Waals surface area contributed by atoms with Gasteiger partial charge in [-0.2, -0.15) is 0 Å². The number of nitrogens with one attached hydrogen (secondary N) is 1. The van der Waals surface area contributed by atoms with E-state index in [0.717, 1.165) is 24.0 Å². The summed E-state index contributed by atoms with van der Waals surface area (Å²) in [6.07, 6.45) is 2.16. The molecule has 0 aliphatic rings. The molecule has 1 unspecified atom stereocenters. The Balaban J connectivity index is 1.73. The minimum absolute atomic E-state index is 0.0346. The second-order valence-electron chi connectivity index (χ2n) is 5.22.